The van der Waals surface area contributed by atoms with Crippen LogP contribution in [0, 0.1) is 0 Å². The Morgan fingerprint density at radius 1 is 0.455 bits per heavy atom. The third kappa shape index (κ3) is 6.98. The Morgan fingerprint density at radius 3 is 0.788 bits per heavy atom. The van der Waals surface area contributed by atoms with Crippen LogP contribution >= 0.6 is 92.8 Å². The summed E-state index contributed by atoms with van der Waals surface area (Å²) in [5.74, 6) is -6.79. The van der Waals surface area contributed by atoms with E-state index in [2.05, 4.69) is 0 Å². The molecule has 0 saturated carbocycles. The van der Waals surface area contributed by atoms with Gasteiger partial charge in [0.25, 0.3) is 0 Å². The quantitative estimate of drug-likeness (QED) is 0.283. The third-order valence-electron chi connectivity index (χ3n) is 3.37. The van der Waals surface area contributed by atoms with E-state index in [4.69, 9.17) is 103 Å². The van der Waals surface area contributed by atoms with Crippen molar-refractivity contribution in [1.82, 2.24) is 0 Å². The molecule has 0 heterocycles. The Hall–Kier alpha value is -0.100. The largest absolute Gasteiger partial charge is 2.00 e. The Bertz CT molecular complexity index is 1000. The molecule has 0 aromatic heterocycles. The van der Waals surface area contributed by atoms with Gasteiger partial charge in [0.15, 0.2) is 0 Å². The van der Waals surface area contributed by atoms with Crippen molar-refractivity contribution in [3.05, 3.63) is 62.4 Å². The average molecular weight is 646 g/mol. The molecule has 0 radical (unpaired) electrons. The fourth-order valence-corrected chi connectivity index (χ4v) is 4.07. The maximum Gasteiger partial charge on any atom is 2.00 e. The second-order valence-electron chi connectivity index (χ2n) is 5.20. The van der Waals surface area contributed by atoms with Crippen LogP contribution in [0.4, 0.5) is 0 Å². The fraction of sp³-hybridized carbons (Fsp3) is 0. The second-order valence-corrected chi connectivity index (χ2v) is 8.22. The topological polar surface area (TPSA) is 155 Å². The third-order valence-corrected chi connectivity index (χ3v) is 6.97. The number of rotatable bonds is 4. The number of carbonyl (C=O) groups is 4. The van der Waals surface area contributed by atoms with Crippen molar-refractivity contribution in [2.24, 2.45) is 0 Å². The monoisotopic (exact) mass is 642 g/mol. The van der Waals surface area contributed by atoms with Gasteiger partial charge in [-0.25, -0.2) is 9.59 Å². The van der Waals surface area contributed by atoms with Crippen molar-refractivity contribution in [2.45, 2.75) is 0 Å². The fourth-order valence-electron chi connectivity index (χ4n) is 2.05. The van der Waals surface area contributed by atoms with Crippen molar-refractivity contribution in [1.29, 1.82) is 0 Å². The first kappa shape index (κ1) is 32.9. The summed E-state index contributed by atoms with van der Waals surface area (Å²) in [6.07, 6.45) is 0. The van der Waals surface area contributed by atoms with Crippen molar-refractivity contribution in [3.8, 4) is 0 Å². The smallest absolute Gasteiger partial charge is 0.545 e. The number of carbonyl (C=O) groups excluding carboxylic acids is 2. The summed E-state index contributed by atoms with van der Waals surface area (Å²) in [6.45, 7) is 0. The van der Waals surface area contributed by atoms with Gasteiger partial charge in [0, 0.05) is 11.1 Å². The first-order chi connectivity index (χ1) is 14.6. The predicted molar refractivity (Wildman–Crippen MR) is 121 cm³/mol. The standard InChI is InChI=1S/2C8H2Cl4O4.Ca/c2*9-3-1(7(13)14)2(8(15)16)4(10)6(12)5(3)11;/h2*(H,13,14)(H,15,16);/q;;+2/p-2. The first-order valence-corrected chi connectivity index (χ1v) is 10.2. The van der Waals surface area contributed by atoms with Gasteiger partial charge in [0.2, 0.25) is 0 Å². The molecule has 0 amide bonds. The van der Waals surface area contributed by atoms with Crippen LogP contribution in [0.25, 0.3) is 0 Å². The van der Waals surface area contributed by atoms with Crippen molar-refractivity contribution in [3.63, 3.8) is 0 Å². The molecule has 0 aliphatic rings. The van der Waals surface area contributed by atoms with Crippen molar-refractivity contribution < 1.29 is 39.6 Å². The summed E-state index contributed by atoms with van der Waals surface area (Å²) in [7, 11) is 0. The van der Waals surface area contributed by atoms with Gasteiger partial charge in [0.05, 0.1) is 63.2 Å². The number of halogens is 8. The van der Waals surface area contributed by atoms with Gasteiger partial charge in [-0.2, -0.15) is 0 Å². The molecule has 0 unspecified atom stereocenters. The molecular formula is C16H2CaCl8O8. The van der Waals surface area contributed by atoms with Crippen molar-refractivity contribution in [2.75, 3.05) is 0 Å². The van der Waals surface area contributed by atoms with Gasteiger partial charge in [-0.1, -0.05) is 92.8 Å². The zero-order chi connectivity index (χ0) is 25.2. The van der Waals surface area contributed by atoms with Crippen LogP contribution < -0.4 is 10.2 Å². The number of hydrogen-bond donors (Lipinski definition) is 2. The minimum Gasteiger partial charge on any atom is -0.545 e. The van der Waals surface area contributed by atoms with E-state index in [9.17, 15) is 29.4 Å². The van der Waals surface area contributed by atoms with E-state index in [1.165, 1.54) is 0 Å². The minimum atomic E-state index is -1.80. The van der Waals surface area contributed by atoms with Crippen LogP contribution in [0.2, 0.25) is 40.2 Å². The van der Waals surface area contributed by atoms with E-state index in [1.807, 2.05) is 0 Å². The molecular weight excluding hydrogens is 644 g/mol. The van der Waals surface area contributed by atoms with Crippen molar-refractivity contribution >= 4 is 154 Å². The summed E-state index contributed by atoms with van der Waals surface area (Å²) >= 11 is 44.6. The van der Waals surface area contributed by atoms with E-state index in [0.29, 0.717) is 0 Å². The number of carboxylic acids is 4. The molecule has 2 aromatic carbocycles. The second kappa shape index (κ2) is 13.3. The van der Waals surface area contributed by atoms with Gasteiger partial charge < -0.3 is 30.0 Å². The van der Waals surface area contributed by atoms with E-state index < -0.39 is 66.2 Å². The molecule has 0 bridgehead atoms. The molecule has 0 spiro atoms. The molecule has 17 heteroatoms. The van der Waals surface area contributed by atoms with E-state index in [1.54, 1.807) is 0 Å². The van der Waals surface area contributed by atoms with E-state index in [0.717, 1.165) is 0 Å². The molecule has 172 valence electrons. The van der Waals surface area contributed by atoms with Gasteiger partial charge >= 0.3 is 49.7 Å². The maximum atomic E-state index is 10.8. The first-order valence-electron chi connectivity index (χ1n) is 7.18. The van der Waals surface area contributed by atoms with Gasteiger partial charge in [0.1, 0.15) is 0 Å². The Morgan fingerprint density at radius 2 is 0.636 bits per heavy atom. The van der Waals surface area contributed by atoms with E-state index >= 15 is 0 Å². The number of hydrogen-bond acceptors (Lipinski definition) is 6. The number of aromatic carboxylic acids is 4. The van der Waals surface area contributed by atoms with Gasteiger partial charge in [-0.05, 0) is 0 Å². The zero-order valence-electron chi connectivity index (χ0n) is 15.1. The summed E-state index contributed by atoms with van der Waals surface area (Å²) in [5, 5.41) is 35.7. The van der Waals surface area contributed by atoms with Crippen LogP contribution in [-0.2, 0) is 0 Å². The molecule has 0 aliphatic carbocycles. The molecule has 33 heavy (non-hydrogen) atoms. The normalized spacial score (nSPS) is 9.94. The molecule has 0 saturated heterocycles. The van der Waals surface area contributed by atoms with Gasteiger partial charge in [-0.15, -0.1) is 0 Å². The predicted octanol–water partition coefficient (Wildman–Crippen LogP) is 4.34. The number of carboxylic acid groups (broad SMARTS) is 4. The van der Waals surface area contributed by atoms with Crippen LogP contribution in [0.3, 0.4) is 0 Å². The summed E-state index contributed by atoms with van der Waals surface area (Å²) in [6, 6.07) is 0. The Balaban J connectivity index is 0.000000602. The van der Waals surface area contributed by atoms with Crippen LogP contribution in [0.15, 0.2) is 0 Å². The zero-order valence-corrected chi connectivity index (χ0v) is 23.3. The minimum absolute atomic E-state index is 0. The van der Waals surface area contributed by atoms with Crippen LogP contribution in [0.1, 0.15) is 41.4 Å². The Labute approximate surface area is 253 Å². The SMILES string of the molecule is O=C([O-])c1c(Cl)c(Cl)c(Cl)c(Cl)c1C(=O)O.O=C([O-])c1c(Cl)c(Cl)c(Cl)c(Cl)c1C(=O)O.[Ca+2]. The summed E-state index contributed by atoms with van der Waals surface area (Å²) in [4.78, 5) is 43.1. The van der Waals surface area contributed by atoms with Crippen LogP contribution in [-0.4, -0.2) is 71.8 Å². The molecule has 0 aliphatic heterocycles. The molecule has 8 nitrogen and oxygen atoms in total. The molecule has 0 atom stereocenters. The summed E-state index contributed by atoms with van der Waals surface area (Å²) in [5.41, 5.74) is -3.09. The Kier molecular flexibility index (Phi) is 13.2. The maximum absolute atomic E-state index is 10.8. The number of benzene rings is 2. The average Bonchev–Trinajstić information content (AvgIpc) is 2.69. The summed E-state index contributed by atoms with van der Waals surface area (Å²) < 4.78 is 0. The molecule has 2 aromatic rings. The molecule has 2 rings (SSSR count). The van der Waals surface area contributed by atoms with E-state index in [-0.39, 0.29) is 57.8 Å². The molecule has 2 N–H and O–H groups in total. The van der Waals surface area contributed by atoms with Gasteiger partial charge in [-0.3, -0.25) is 0 Å². The van der Waals surface area contributed by atoms with Crippen LogP contribution in [0.5, 0.6) is 0 Å². The molecule has 0 fully saturated rings.